The maximum Gasteiger partial charge on any atom is 0.290 e. The Labute approximate surface area is 214 Å². The number of para-hydroxylation sites is 1. The lowest BCUT2D eigenvalue weighted by Crippen LogP contribution is -2.31. The van der Waals surface area contributed by atoms with E-state index < -0.39 is 6.04 Å². The summed E-state index contributed by atoms with van der Waals surface area (Å²) in [6, 6.07) is 21.1. The fraction of sp³-hybridized carbons (Fsp3) is 0.241. The normalized spacial score (nSPS) is 15.1. The molecule has 0 spiro atoms. The Morgan fingerprint density at radius 3 is 2.53 bits per heavy atom. The van der Waals surface area contributed by atoms with Crippen LogP contribution < -0.4 is 10.2 Å². The summed E-state index contributed by atoms with van der Waals surface area (Å²) in [5, 5.41) is 0.775. The Hall–Kier alpha value is -3.61. The highest BCUT2D eigenvalue weighted by Crippen LogP contribution is 2.39. The molecule has 0 radical (unpaired) electrons. The molecule has 1 aliphatic heterocycles. The van der Waals surface area contributed by atoms with E-state index in [2.05, 4.69) is 0 Å². The van der Waals surface area contributed by atoms with Crippen molar-refractivity contribution in [3.63, 3.8) is 0 Å². The molecular formula is C29H26ClNO5. The number of hydrogen-bond donors (Lipinski definition) is 0. The molecule has 1 amide bonds. The van der Waals surface area contributed by atoms with E-state index in [0.717, 1.165) is 5.56 Å². The second-order valence-corrected chi connectivity index (χ2v) is 9.41. The molecule has 1 aliphatic rings. The standard InChI is InChI=1S/C29H26ClNO5/c1-18(2)34-15-7-14-31-26(19-8-6-11-22(16-19)35-21-9-4-3-5-10-21)25-27(32)23-17-20(30)12-13-24(23)36-28(25)29(31)33/h3-6,8-13,16-18,26H,7,14-15H2,1-2H3. The van der Waals surface area contributed by atoms with E-state index in [1.165, 1.54) is 0 Å². The van der Waals surface area contributed by atoms with Crippen LogP contribution in [0.25, 0.3) is 11.0 Å². The van der Waals surface area contributed by atoms with Gasteiger partial charge in [-0.25, -0.2) is 0 Å². The van der Waals surface area contributed by atoms with Crippen molar-refractivity contribution >= 4 is 28.5 Å². The Morgan fingerprint density at radius 1 is 0.972 bits per heavy atom. The number of nitrogens with zero attached hydrogens (tertiary/aromatic N) is 1. The molecule has 4 aromatic rings. The van der Waals surface area contributed by atoms with Crippen molar-refractivity contribution in [1.82, 2.24) is 4.90 Å². The minimum absolute atomic E-state index is 0.0685. The molecule has 1 atom stereocenters. The second kappa shape index (κ2) is 10.2. The summed E-state index contributed by atoms with van der Waals surface area (Å²) in [5.41, 5.74) is 1.15. The lowest BCUT2D eigenvalue weighted by atomic mass is 9.98. The first-order chi connectivity index (χ1) is 17.4. The monoisotopic (exact) mass is 503 g/mol. The van der Waals surface area contributed by atoms with Crippen LogP contribution >= 0.6 is 11.6 Å². The molecular weight excluding hydrogens is 478 g/mol. The van der Waals surface area contributed by atoms with Gasteiger partial charge in [-0.1, -0.05) is 41.9 Å². The third-order valence-electron chi connectivity index (χ3n) is 6.07. The number of amides is 1. The summed E-state index contributed by atoms with van der Waals surface area (Å²) >= 11 is 6.17. The topological polar surface area (TPSA) is 69.0 Å². The zero-order valence-electron chi connectivity index (χ0n) is 20.1. The molecule has 0 N–H and O–H groups in total. The minimum atomic E-state index is -0.620. The van der Waals surface area contributed by atoms with Crippen LogP contribution in [0.15, 0.2) is 82.0 Å². The number of ether oxygens (including phenoxy) is 2. The molecule has 1 aromatic heterocycles. The maximum atomic E-state index is 13.7. The van der Waals surface area contributed by atoms with Crippen LogP contribution in [0.3, 0.4) is 0 Å². The molecule has 184 valence electrons. The first-order valence-corrected chi connectivity index (χ1v) is 12.3. The Kier molecular flexibility index (Phi) is 6.81. The number of rotatable bonds is 8. The molecule has 6 nitrogen and oxygen atoms in total. The van der Waals surface area contributed by atoms with Crippen molar-refractivity contribution in [3.8, 4) is 11.5 Å². The zero-order valence-corrected chi connectivity index (χ0v) is 20.8. The van der Waals surface area contributed by atoms with Crippen LogP contribution in [0.1, 0.15) is 48.0 Å². The summed E-state index contributed by atoms with van der Waals surface area (Å²) in [4.78, 5) is 28.9. The second-order valence-electron chi connectivity index (χ2n) is 8.98. The van der Waals surface area contributed by atoms with Crippen LogP contribution in [-0.4, -0.2) is 30.1 Å². The highest BCUT2D eigenvalue weighted by Gasteiger charge is 2.42. The Balaban J connectivity index is 1.58. The number of carbonyl (C=O) groups is 1. The van der Waals surface area contributed by atoms with E-state index in [9.17, 15) is 9.59 Å². The molecule has 2 heterocycles. The van der Waals surface area contributed by atoms with Crippen LogP contribution in [0.4, 0.5) is 0 Å². The van der Waals surface area contributed by atoms with E-state index in [1.54, 1.807) is 23.1 Å². The summed E-state index contributed by atoms with van der Waals surface area (Å²) in [6.07, 6.45) is 0.714. The fourth-order valence-corrected chi connectivity index (χ4v) is 4.67. The van der Waals surface area contributed by atoms with Gasteiger partial charge in [0.05, 0.1) is 23.1 Å². The molecule has 5 rings (SSSR count). The highest BCUT2D eigenvalue weighted by molar-refractivity contribution is 6.31. The predicted octanol–water partition coefficient (Wildman–Crippen LogP) is 6.60. The minimum Gasteiger partial charge on any atom is -0.457 e. The number of carbonyl (C=O) groups excluding carboxylic acids is 1. The average molecular weight is 504 g/mol. The zero-order chi connectivity index (χ0) is 25.2. The van der Waals surface area contributed by atoms with Crippen LogP contribution in [0, 0.1) is 0 Å². The quantitative estimate of drug-likeness (QED) is 0.253. The number of benzene rings is 3. The van der Waals surface area contributed by atoms with Gasteiger partial charge in [0.25, 0.3) is 5.91 Å². The smallest absolute Gasteiger partial charge is 0.290 e. The maximum absolute atomic E-state index is 13.7. The van der Waals surface area contributed by atoms with E-state index in [0.29, 0.717) is 52.6 Å². The fourth-order valence-electron chi connectivity index (χ4n) is 4.50. The van der Waals surface area contributed by atoms with Gasteiger partial charge >= 0.3 is 0 Å². The molecule has 0 saturated carbocycles. The van der Waals surface area contributed by atoms with Crippen molar-refractivity contribution in [2.75, 3.05) is 13.2 Å². The van der Waals surface area contributed by atoms with E-state index >= 15 is 0 Å². The number of fused-ring (bicyclic) bond motifs is 2. The number of halogens is 1. The van der Waals surface area contributed by atoms with Gasteiger partial charge in [0.2, 0.25) is 5.76 Å². The predicted molar refractivity (Wildman–Crippen MR) is 139 cm³/mol. The lowest BCUT2D eigenvalue weighted by molar-refractivity contribution is 0.0593. The summed E-state index contributed by atoms with van der Waals surface area (Å²) in [7, 11) is 0. The Morgan fingerprint density at radius 2 is 1.75 bits per heavy atom. The molecule has 3 aromatic carbocycles. The third kappa shape index (κ3) is 4.74. The van der Waals surface area contributed by atoms with Crippen molar-refractivity contribution < 1.29 is 18.7 Å². The first-order valence-electron chi connectivity index (χ1n) is 11.9. The molecule has 0 bridgehead atoms. The Bertz CT molecular complexity index is 1460. The summed E-state index contributed by atoms with van der Waals surface area (Å²) in [5.74, 6) is 1.05. The number of hydrogen-bond acceptors (Lipinski definition) is 5. The third-order valence-corrected chi connectivity index (χ3v) is 6.31. The molecule has 0 fully saturated rings. The van der Waals surface area contributed by atoms with Gasteiger partial charge in [-0.3, -0.25) is 9.59 Å². The molecule has 7 heteroatoms. The van der Waals surface area contributed by atoms with Crippen molar-refractivity contribution in [2.45, 2.75) is 32.4 Å². The van der Waals surface area contributed by atoms with Gasteiger partial charge in [-0.15, -0.1) is 0 Å². The van der Waals surface area contributed by atoms with E-state index in [-0.39, 0.29) is 23.2 Å². The average Bonchev–Trinajstić information content (AvgIpc) is 3.15. The lowest BCUT2D eigenvalue weighted by Gasteiger charge is -2.25. The van der Waals surface area contributed by atoms with E-state index in [1.807, 2.05) is 68.4 Å². The van der Waals surface area contributed by atoms with Gasteiger partial charge in [-0.05, 0) is 68.3 Å². The molecule has 1 unspecified atom stereocenters. The van der Waals surface area contributed by atoms with Crippen molar-refractivity contribution in [3.05, 3.63) is 105 Å². The summed E-state index contributed by atoms with van der Waals surface area (Å²) in [6.45, 7) is 4.84. The summed E-state index contributed by atoms with van der Waals surface area (Å²) < 4.78 is 17.7. The van der Waals surface area contributed by atoms with Gasteiger partial charge in [0, 0.05) is 18.2 Å². The molecule has 36 heavy (non-hydrogen) atoms. The molecule has 0 aliphatic carbocycles. The van der Waals surface area contributed by atoms with Crippen LogP contribution in [0.5, 0.6) is 11.5 Å². The van der Waals surface area contributed by atoms with Crippen LogP contribution in [0.2, 0.25) is 5.02 Å². The van der Waals surface area contributed by atoms with Gasteiger partial charge in [0.15, 0.2) is 5.43 Å². The van der Waals surface area contributed by atoms with Gasteiger partial charge in [-0.2, -0.15) is 0 Å². The highest BCUT2D eigenvalue weighted by atomic mass is 35.5. The van der Waals surface area contributed by atoms with Gasteiger partial charge < -0.3 is 18.8 Å². The van der Waals surface area contributed by atoms with Crippen LogP contribution in [-0.2, 0) is 4.74 Å². The van der Waals surface area contributed by atoms with Gasteiger partial charge in [0.1, 0.15) is 17.1 Å². The largest absolute Gasteiger partial charge is 0.457 e. The van der Waals surface area contributed by atoms with E-state index in [4.69, 9.17) is 25.5 Å². The van der Waals surface area contributed by atoms with Crippen molar-refractivity contribution in [1.29, 1.82) is 0 Å². The molecule has 0 saturated heterocycles. The van der Waals surface area contributed by atoms with Crippen molar-refractivity contribution in [2.24, 2.45) is 0 Å². The first kappa shape index (κ1) is 24.1. The SMILES string of the molecule is CC(C)OCCCN1C(=O)c2oc3ccc(Cl)cc3c(=O)c2C1c1cccc(Oc2ccccc2)c1.